The predicted octanol–water partition coefficient (Wildman–Crippen LogP) is 4.90. The molecule has 1 aliphatic rings. The number of carbonyl (C=O) groups excluding carboxylic acids is 1. The summed E-state index contributed by atoms with van der Waals surface area (Å²) in [7, 11) is 0.0951. The lowest BCUT2D eigenvalue weighted by atomic mass is 9.95. The van der Waals surface area contributed by atoms with E-state index >= 15 is 0 Å². The van der Waals surface area contributed by atoms with Crippen molar-refractivity contribution in [2.45, 2.75) is 38.5 Å². The molecule has 1 unspecified atom stereocenters. The van der Waals surface area contributed by atoms with Crippen LogP contribution in [0.25, 0.3) is 4.91 Å². The topological polar surface area (TPSA) is 43.4 Å². The third-order valence-corrected chi connectivity index (χ3v) is 5.45. The molecule has 3 nitrogen and oxygen atoms in total. The number of hydrogen-bond acceptors (Lipinski definition) is 3. The molecule has 0 fully saturated rings. The van der Waals surface area contributed by atoms with E-state index < -0.39 is 10.8 Å². The lowest BCUT2D eigenvalue weighted by Crippen LogP contribution is -2.06. The second-order valence-corrected chi connectivity index (χ2v) is 7.00. The SMILES string of the molecule is CC.COC(=O)c1ccc(S(=O)C2=CCCc3cc(C)ccc32)cc1. The molecule has 4 heteroatoms. The second-order valence-electron chi connectivity index (χ2n) is 5.55. The molecule has 0 radical (unpaired) electrons. The van der Waals surface area contributed by atoms with Crippen LogP contribution in [0.3, 0.4) is 0 Å². The van der Waals surface area contributed by atoms with E-state index in [1.165, 1.54) is 18.2 Å². The predicted molar refractivity (Wildman–Crippen MR) is 103 cm³/mol. The van der Waals surface area contributed by atoms with E-state index in [-0.39, 0.29) is 5.97 Å². The molecule has 2 aromatic carbocycles. The first kappa shape index (κ1) is 19.1. The van der Waals surface area contributed by atoms with Gasteiger partial charge in [0.15, 0.2) is 0 Å². The first-order chi connectivity index (χ1) is 12.1. The van der Waals surface area contributed by atoms with Gasteiger partial charge in [0, 0.05) is 9.80 Å². The van der Waals surface area contributed by atoms with Crippen LogP contribution in [0.5, 0.6) is 0 Å². The molecule has 0 amide bonds. The van der Waals surface area contributed by atoms with Gasteiger partial charge in [-0.1, -0.05) is 43.7 Å². The van der Waals surface area contributed by atoms with Gasteiger partial charge in [0.25, 0.3) is 0 Å². The minimum absolute atomic E-state index is 0.389. The maximum atomic E-state index is 12.9. The van der Waals surface area contributed by atoms with Crippen LogP contribution >= 0.6 is 0 Å². The third kappa shape index (κ3) is 4.26. The van der Waals surface area contributed by atoms with Crippen molar-refractivity contribution < 1.29 is 13.7 Å². The Hall–Kier alpha value is -2.20. The average Bonchev–Trinajstić information content (AvgIpc) is 2.67. The Bertz CT molecular complexity index is 804. The Morgan fingerprint density at radius 3 is 2.40 bits per heavy atom. The van der Waals surface area contributed by atoms with E-state index in [2.05, 4.69) is 35.9 Å². The van der Waals surface area contributed by atoms with Gasteiger partial charge in [-0.3, -0.25) is 0 Å². The van der Waals surface area contributed by atoms with Gasteiger partial charge in [-0.15, -0.1) is 0 Å². The van der Waals surface area contributed by atoms with E-state index in [0.717, 1.165) is 23.3 Å². The van der Waals surface area contributed by atoms with Crippen molar-refractivity contribution in [1.82, 2.24) is 0 Å². The molecular weight excluding hydrogens is 332 g/mol. The normalized spacial score (nSPS) is 13.7. The zero-order valence-electron chi connectivity index (χ0n) is 15.2. The average molecular weight is 356 g/mol. The molecule has 0 aromatic heterocycles. The van der Waals surface area contributed by atoms with E-state index in [1.54, 1.807) is 24.3 Å². The number of benzene rings is 2. The summed E-state index contributed by atoms with van der Waals surface area (Å²) in [6.07, 6.45) is 3.94. The Morgan fingerprint density at radius 2 is 1.76 bits per heavy atom. The smallest absolute Gasteiger partial charge is 0.337 e. The second kappa shape index (κ2) is 8.77. The van der Waals surface area contributed by atoms with Crippen molar-refractivity contribution in [3.63, 3.8) is 0 Å². The van der Waals surface area contributed by atoms with Crippen LogP contribution in [0.15, 0.2) is 53.4 Å². The molecule has 0 saturated carbocycles. The summed E-state index contributed by atoms with van der Waals surface area (Å²) < 4.78 is 17.6. The summed E-state index contributed by atoms with van der Waals surface area (Å²) in [5.41, 5.74) is 4.00. The van der Waals surface area contributed by atoms with Crippen molar-refractivity contribution in [3.8, 4) is 0 Å². The lowest BCUT2D eigenvalue weighted by Gasteiger charge is -2.18. The minimum atomic E-state index is -1.25. The molecule has 0 heterocycles. The lowest BCUT2D eigenvalue weighted by molar-refractivity contribution is 0.0600. The molecule has 2 aromatic rings. The van der Waals surface area contributed by atoms with Gasteiger partial charge in [-0.2, -0.15) is 0 Å². The van der Waals surface area contributed by atoms with E-state index in [9.17, 15) is 9.00 Å². The van der Waals surface area contributed by atoms with E-state index in [1.807, 2.05) is 13.8 Å². The van der Waals surface area contributed by atoms with Crippen LogP contribution in [-0.4, -0.2) is 17.3 Å². The van der Waals surface area contributed by atoms with Gasteiger partial charge < -0.3 is 4.74 Å². The summed E-state index contributed by atoms with van der Waals surface area (Å²) in [5, 5.41) is 0. The molecule has 0 spiro atoms. The summed E-state index contributed by atoms with van der Waals surface area (Å²) in [6, 6.07) is 13.0. The number of methoxy groups -OCH3 is 1. The highest BCUT2D eigenvalue weighted by Gasteiger charge is 2.19. The minimum Gasteiger partial charge on any atom is -0.465 e. The van der Waals surface area contributed by atoms with E-state index in [4.69, 9.17) is 0 Å². The third-order valence-electron chi connectivity index (χ3n) is 3.96. The largest absolute Gasteiger partial charge is 0.465 e. The van der Waals surface area contributed by atoms with Gasteiger partial charge >= 0.3 is 5.97 Å². The molecule has 132 valence electrons. The fourth-order valence-electron chi connectivity index (χ4n) is 2.77. The molecule has 0 bridgehead atoms. The number of esters is 1. The number of rotatable bonds is 3. The van der Waals surface area contributed by atoms with Crippen molar-refractivity contribution in [1.29, 1.82) is 0 Å². The summed E-state index contributed by atoms with van der Waals surface area (Å²) in [6.45, 7) is 6.07. The molecule has 0 aliphatic heterocycles. The molecular formula is C21H24O3S. The Labute approximate surface area is 152 Å². The van der Waals surface area contributed by atoms with Crippen LogP contribution in [0, 0.1) is 6.92 Å². The van der Waals surface area contributed by atoms with Crippen LogP contribution in [-0.2, 0) is 22.0 Å². The maximum Gasteiger partial charge on any atom is 0.337 e. The zero-order chi connectivity index (χ0) is 18.4. The van der Waals surface area contributed by atoms with Gasteiger partial charge in [0.1, 0.15) is 0 Å². The summed E-state index contributed by atoms with van der Waals surface area (Å²) in [5.74, 6) is -0.389. The van der Waals surface area contributed by atoms with Crippen molar-refractivity contribution in [3.05, 3.63) is 70.8 Å². The van der Waals surface area contributed by atoms with Crippen molar-refractivity contribution in [2.24, 2.45) is 0 Å². The number of carbonyl (C=O) groups is 1. The first-order valence-corrected chi connectivity index (χ1v) is 9.65. The number of hydrogen-bond donors (Lipinski definition) is 0. The maximum absolute atomic E-state index is 12.9. The quantitative estimate of drug-likeness (QED) is 0.735. The van der Waals surface area contributed by atoms with E-state index in [0.29, 0.717) is 10.5 Å². The zero-order valence-corrected chi connectivity index (χ0v) is 16.0. The number of ether oxygens (including phenoxy) is 1. The standard InChI is InChI=1S/C19H18O3S.C2H6/c1-13-6-11-17-15(12-13)4-3-5-18(17)23(21)16-9-7-14(8-10-16)19(20)22-2;1-2/h5-12H,3-4H2,1-2H3;1-2H3. The Balaban J connectivity index is 0.00000109. The van der Waals surface area contributed by atoms with Gasteiger partial charge in [-0.05, 0) is 55.2 Å². The molecule has 1 atom stereocenters. The fourth-order valence-corrected chi connectivity index (χ4v) is 4.08. The fraction of sp³-hybridized carbons (Fsp3) is 0.286. The monoisotopic (exact) mass is 356 g/mol. The van der Waals surface area contributed by atoms with Crippen LogP contribution < -0.4 is 0 Å². The number of aryl methyl sites for hydroxylation is 2. The highest BCUT2D eigenvalue weighted by molar-refractivity contribution is 7.94. The molecule has 3 rings (SSSR count). The number of fused-ring (bicyclic) bond motifs is 1. The van der Waals surface area contributed by atoms with Crippen LogP contribution in [0.4, 0.5) is 0 Å². The summed E-state index contributed by atoms with van der Waals surface area (Å²) >= 11 is 0. The van der Waals surface area contributed by atoms with Gasteiger partial charge in [0.2, 0.25) is 0 Å². The summed E-state index contributed by atoms with van der Waals surface area (Å²) in [4.78, 5) is 13.0. The van der Waals surface area contributed by atoms with Crippen LogP contribution in [0.2, 0.25) is 0 Å². The molecule has 0 N–H and O–H groups in total. The molecule has 25 heavy (non-hydrogen) atoms. The van der Waals surface area contributed by atoms with Crippen molar-refractivity contribution in [2.75, 3.05) is 7.11 Å². The Morgan fingerprint density at radius 1 is 1.08 bits per heavy atom. The Kier molecular flexibility index (Phi) is 6.71. The molecule has 1 aliphatic carbocycles. The number of allylic oxidation sites excluding steroid dienone is 1. The van der Waals surface area contributed by atoms with Gasteiger partial charge in [0.05, 0.1) is 23.5 Å². The van der Waals surface area contributed by atoms with Crippen molar-refractivity contribution >= 4 is 21.7 Å². The van der Waals surface area contributed by atoms with Crippen LogP contribution in [0.1, 0.15) is 47.3 Å². The highest BCUT2D eigenvalue weighted by atomic mass is 32.2. The molecule has 0 saturated heterocycles. The first-order valence-electron chi connectivity index (χ1n) is 8.50. The van der Waals surface area contributed by atoms with Gasteiger partial charge in [-0.25, -0.2) is 9.00 Å². The highest BCUT2D eigenvalue weighted by Crippen LogP contribution is 2.32.